The van der Waals surface area contributed by atoms with Gasteiger partial charge < -0.3 is 20.7 Å². The predicted octanol–water partition coefficient (Wildman–Crippen LogP) is 2.14. The molecule has 0 saturated heterocycles. The maximum atomic E-state index is 11.6. The SMILES string of the molecule is CCCCC(CC)CNC(=NCC(=O)NCCOC)NCC.I. The van der Waals surface area contributed by atoms with E-state index in [0.717, 1.165) is 19.5 Å². The number of unbranched alkanes of at least 4 members (excludes halogenated alkanes) is 1. The number of hydrogen-bond acceptors (Lipinski definition) is 3. The number of rotatable bonds is 12. The molecule has 0 aliphatic rings. The van der Waals surface area contributed by atoms with Gasteiger partial charge in [0, 0.05) is 26.7 Å². The zero-order valence-corrected chi connectivity index (χ0v) is 17.4. The quantitative estimate of drug-likeness (QED) is 0.187. The Balaban J connectivity index is 0. The average Bonchev–Trinajstić information content (AvgIpc) is 2.52. The lowest BCUT2D eigenvalue weighted by Gasteiger charge is -2.17. The van der Waals surface area contributed by atoms with Gasteiger partial charge in [-0.1, -0.05) is 33.1 Å². The van der Waals surface area contributed by atoms with Gasteiger partial charge in [-0.15, -0.1) is 24.0 Å². The lowest BCUT2D eigenvalue weighted by atomic mass is 9.99. The Morgan fingerprint density at radius 2 is 1.91 bits per heavy atom. The maximum absolute atomic E-state index is 11.6. The third-order valence-electron chi connectivity index (χ3n) is 3.45. The van der Waals surface area contributed by atoms with E-state index >= 15 is 0 Å². The molecule has 1 atom stereocenters. The molecule has 0 bridgehead atoms. The van der Waals surface area contributed by atoms with Gasteiger partial charge in [-0.2, -0.15) is 0 Å². The van der Waals surface area contributed by atoms with Gasteiger partial charge in [-0.25, -0.2) is 4.99 Å². The average molecular weight is 442 g/mol. The van der Waals surface area contributed by atoms with Crippen molar-refractivity contribution in [2.75, 3.05) is 39.9 Å². The Labute approximate surface area is 158 Å². The highest BCUT2D eigenvalue weighted by Crippen LogP contribution is 2.10. The summed E-state index contributed by atoms with van der Waals surface area (Å²) in [4.78, 5) is 16.0. The molecule has 0 aliphatic heterocycles. The minimum atomic E-state index is -0.0905. The summed E-state index contributed by atoms with van der Waals surface area (Å²) in [5.74, 6) is 1.27. The fourth-order valence-electron chi connectivity index (χ4n) is 2.03. The van der Waals surface area contributed by atoms with E-state index in [2.05, 4.69) is 34.8 Å². The highest BCUT2D eigenvalue weighted by molar-refractivity contribution is 14.0. The van der Waals surface area contributed by atoms with Crippen molar-refractivity contribution >= 4 is 35.8 Å². The topological polar surface area (TPSA) is 74.8 Å². The Morgan fingerprint density at radius 3 is 2.48 bits per heavy atom. The van der Waals surface area contributed by atoms with Crippen LogP contribution in [0.2, 0.25) is 0 Å². The molecule has 0 heterocycles. The van der Waals surface area contributed by atoms with Gasteiger partial charge in [-0.05, 0) is 19.3 Å². The van der Waals surface area contributed by atoms with Crippen molar-refractivity contribution in [3.8, 4) is 0 Å². The van der Waals surface area contributed by atoms with Crippen LogP contribution in [0.15, 0.2) is 4.99 Å². The van der Waals surface area contributed by atoms with Crippen molar-refractivity contribution in [3.63, 3.8) is 0 Å². The molecule has 138 valence electrons. The van der Waals surface area contributed by atoms with Crippen LogP contribution in [0.4, 0.5) is 0 Å². The summed E-state index contributed by atoms with van der Waals surface area (Å²) in [6.45, 7) is 9.29. The molecular weight excluding hydrogens is 407 g/mol. The van der Waals surface area contributed by atoms with Gasteiger partial charge in [0.1, 0.15) is 6.54 Å². The smallest absolute Gasteiger partial charge is 0.241 e. The van der Waals surface area contributed by atoms with E-state index in [0.29, 0.717) is 25.0 Å². The molecule has 3 N–H and O–H groups in total. The van der Waals surface area contributed by atoms with Crippen LogP contribution in [0, 0.1) is 5.92 Å². The first-order chi connectivity index (χ1) is 10.7. The third-order valence-corrected chi connectivity index (χ3v) is 3.45. The molecule has 0 aromatic heterocycles. The molecule has 0 rings (SSSR count). The number of nitrogens with zero attached hydrogens (tertiary/aromatic N) is 1. The number of aliphatic imine (C=N–C) groups is 1. The third kappa shape index (κ3) is 14.7. The lowest BCUT2D eigenvalue weighted by molar-refractivity contribution is -0.119. The van der Waals surface area contributed by atoms with Crippen LogP contribution in [0.25, 0.3) is 0 Å². The molecule has 7 heteroatoms. The number of halogens is 1. The normalized spacial score (nSPS) is 12.3. The zero-order chi connectivity index (χ0) is 16.6. The van der Waals surface area contributed by atoms with E-state index in [-0.39, 0.29) is 36.4 Å². The number of hydrogen-bond donors (Lipinski definition) is 3. The standard InChI is InChI=1S/C16H34N4O2.HI/c1-5-8-9-14(6-2)12-19-16(17-7-3)20-13-15(21)18-10-11-22-4;/h14H,5-13H2,1-4H3,(H,18,21)(H2,17,19,20);1H. The Hall–Kier alpha value is -0.570. The highest BCUT2D eigenvalue weighted by Gasteiger charge is 2.07. The maximum Gasteiger partial charge on any atom is 0.241 e. The molecule has 1 amide bonds. The number of carbonyl (C=O) groups excluding carboxylic acids is 1. The van der Waals surface area contributed by atoms with Gasteiger partial charge in [-0.3, -0.25) is 4.79 Å². The van der Waals surface area contributed by atoms with Gasteiger partial charge in [0.15, 0.2) is 5.96 Å². The molecule has 0 spiro atoms. The first-order valence-electron chi connectivity index (χ1n) is 8.45. The monoisotopic (exact) mass is 442 g/mol. The number of methoxy groups -OCH3 is 1. The van der Waals surface area contributed by atoms with Crippen molar-refractivity contribution in [3.05, 3.63) is 0 Å². The van der Waals surface area contributed by atoms with Gasteiger partial charge >= 0.3 is 0 Å². The summed E-state index contributed by atoms with van der Waals surface area (Å²) in [7, 11) is 1.61. The van der Waals surface area contributed by atoms with Crippen molar-refractivity contribution in [2.24, 2.45) is 10.9 Å². The highest BCUT2D eigenvalue weighted by atomic mass is 127. The summed E-state index contributed by atoms with van der Waals surface area (Å²) in [5, 5.41) is 9.27. The number of carbonyl (C=O) groups is 1. The van der Waals surface area contributed by atoms with Crippen molar-refractivity contribution in [2.45, 2.75) is 46.5 Å². The number of nitrogens with one attached hydrogen (secondary N) is 3. The van der Waals surface area contributed by atoms with Gasteiger partial charge in [0.25, 0.3) is 0 Å². The minimum absolute atomic E-state index is 0. The van der Waals surface area contributed by atoms with E-state index < -0.39 is 0 Å². The van der Waals surface area contributed by atoms with Gasteiger partial charge in [0.05, 0.1) is 6.61 Å². The molecule has 0 aromatic carbocycles. The molecule has 0 saturated carbocycles. The minimum Gasteiger partial charge on any atom is -0.383 e. The molecule has 0 aromatic rings. The van der Waals surface area contributed by atoms with E-state index in [4.69, 9.17) is 4.74 Å². The summed E-state index contributed by atoms with van der Waals surface area (Å²) in [6, 6.07) is 0. The lowest BCUT2D eigenvalue weighted by Crippen LogP contribution is -2.40. The molecular formula is C16H35IN4O2. The van der Waals surface area contributed by atoms with Gasteiger partial charge in [0.2, 0.25) is 5.91 Å². The van der Waals surface area contributed by atoms with E-state index in [1.54, 1.807) is 7.11 Å². The molecule has 0 fully saturated rings. The molecule has 0 aliphatic carbocycles. The zero-order valence-electron chi connectivity index (χ0n) is 15.1. The number of amides is 1. The molecule has 1 unspecified atom stereocenters. The Bertz CT molecular complexity index is 314. The van der Waals surface area contributed by atoms with Crippen LogP contribution in [-0.4, -0.2) is 51.8 Å². The fourth-order valence-corrected chi connectivity index (χ4v) is 2.03. The van der Waals surface area contributed by atoms with Crippen molar-refractivity contribution in [1.29, 1.82) is 0 Å². The van der Waals surface area contributed by atoms with Crippen LogP contribution >= 0.6 is 24.0 Å². The Morgan fingerprint density at radius 1 is 1.17 bits per heavy atom. The molecule has 6 nitrogen and oxygen atoms in total. The number of ether oxygens (including phenoxy) is 1. The van der Waals surface area contributed by atoms with E-state index in [1.807, 2.05) is 6.92 Å². The fraction of sp³-hybridized carbons (Fsp3) is 0.875. The largest absolute Gasteiger partial charge is 0.383 e. The van der Waals surface area contributed by atoms with E-state index in [1.165, 1.54) is 19.3 Å². The van der Waals surface area contributed by atoms with Crippen LogP contribution in [0.5, 0.6) is 0 Å². The van der Waals surface area contributed by atoms with Crippen molar-refractivity contribution < 1.29 is 9.53 Å². The second-order valence-electron chi connectivity index (χ2n) is 5.34. The summed E-state index contributed by atoms with van der Waals surface area (Å²) < 4.78 is 4.89. The first-order valence-corrected chi connectivity index (χ1v) is 8.45. The first kappa shape index (κ1) is 24.7. The van der Waals surface area contributed by atoms with Crippen LogP contribution in [0.3, 0.4) is 0 Å². The van der Waals surface area contributed by atoms with Crippen LogP contribution < -0.4 is 16.0 Å². The summed E-state index contributed by atoms with van der Waals surface area (Å²) >= 11 is 0. The molecule has 23 heavy (non-hydrogen) atoms. The number of guanidine groups is 1. The second-order valence-corrected chi connectivity index (χ2v) is 5.34. The molecule has 0 radical (unpaired) electrons. The summed E-state index contributed by atoms with van der Waals surface area (Å²) in [6.07, 6.45) is 4.88. The van der Waals surface area contributed by atoms with Crippen LogP contribution in [0.1, 0.15) is 46.5 Å². The second kappa shape index (κ2) is 17.8. The van der Waals surface area contributed by atoms with E-state index in [9.17, 15) is 4.79 Å². The summed E-state index contributed by atoms with van der Waals surface area (Å²) in [5.41, 5.74) is 0. The Kier molecular flexibility index (Phi) is 19.1. The van der Waals surface area contributed by atoms with Crippen LogP contribution in [-0.2, 0) is 9.53 Å². The van der Waals surface area contributed by atoms with Crippen molar-refractivity contribution in [1.82, 2.24) is 16.0 Å². The predicted molar refractivity (Wildman–Crippen MR) is 108 cm³/mol.